The Bertz CT molecular complexity index is 971. The van der Waals surface area contributed by atoms with E-state index in [0.29, 0.717) is 5.88 Å². The summed E-state index contributed by atoms with van der Waals surface area (Å²) in [7, 11) is 3.35. The molecule has 0 bridgehead atoms. The summed E-state index contributed by atoms with van der Waals surface area (Å²) < 4.78 is 7.52. The minimum absolute atomic E-state index is 0.413. The van der Waals surface area contributed by atoms with Gasteiger partial charge in [-0.3, -0.25) is 0 Å². The van der Waals surface area contributed by atoms with Crippen LogP contribution < -0.4 is 4.74 Å². The lowest BCUT2D eigenvalue weighted by Crippen LogP contribution is -2.26. The molecule has 2 aromatic carbocycles. The molecule has 5 heteroatoms. The van der Waals surface area contributed by atoms with Gasteiger partial charge >= 0.3 is 6.09 Å². The van der Waals surface area contributed by atoms with Crippen LogP contribution in [0.2, 0.25) is 0 Å². The van der Waals surface area contributed by atoms with E-state index in [0.717, 1.165) is 35.3 Å². The van der Waals surface area contributed by atoms with Crippen molar-refractivity contribution in [3.63, 3.8) is 0 Å². The smallest absolute Gasteiger partial charge is 0.390 e. The molecule has 0 aliphatic heterocycles. The van der Waals surface area contributed by atoms with Gasteiger partial charge in [0.25, 0.3) is 0 Å². The molecule has 0 saturated heterocycles. The van der Waals surface area contributed by atoms with Crippen molar-refractivity contribution in [3.8, 4) is 22.7 Å². The Labute approximate surface area is 152 Å². The zero-order chi connectivity index (χ0) is 18.3. The van der Waals surface area contributed by atoms with Gasteiger partial charge in [-0.2, -0.15) is 9.78 Å². The lowest BCUT2D eigenvalue weighted by Gasteiger charge is -2.17. The van der Waals surface area contributed by atoms with Crippen molar-refractivity contribution in [3.05, 3.63) is 65.4 Å². The van der Waals surface area contributed by atoms with Crippen LogP contribution in [-0.4, -0.2) is 34.9 Å². The van der Waals surface area contributed by atoms with E-state index in [2.05, 4.69) is 12.1 Å². The molecule has 1 aliphatic rings. The van der Waals surface area contributed by atoms with Gasteiger partial charge in [-0.15, -0.1) is 0 Å². The van der Waals surface area contributed by atoms with E-state index in [-0.39, 0.29) is 0 Å². The van der Waals surface area contributed by atoms with Gasteiger partial charge in [0.1, 0.15) is 0 Å². The predicted octanol–water partition coefficient (Wildman–Crippen LogP) is 4.01. The summed E-state index contributed by atoms with van der Waals surface area (Å²) in [5.74, 6) is 0.481. The van der Waals surface area contributed by atoms with Gasteiger partial charge in [-0.25, -0.2) is 4.79 Å². The van der Waals surface area contributed by atoms with Crippen molar-refractivity contribution in [2.45, 2.75) is 19.8 Å². The number of rotatable bonds is 2. The fraction of sp³-hybridized carbons (Fsp3) is 0.238. The number of ether oxygens (including phenoxy) is 1. The Morgan fingerprint density at radius 1 is 1.08 bits per heavy atom. The summed E-state index contributed by atoms with van der Waals surface area (Å²) in [5.41, 5.74) is 6.28. The molecule has 1 aliphatic carbocycles. The Hall–Kier alpha value is -3.08. The average Bonchev–Trinajstić information content (AvgIpc) is 3.01. The van der Waals surface area contributed by atoms with Crippen LogP contribution in [0, 0.1) is 6.92 Å². The molecule has 0 spiro atoms. The number of amides is 1. The second-order valence-corrected chi connectivity index (χ2v) is 6.79. The summed E-state index contributed by atoms with van der Waals surface area (Å²) in [4.78, 5) is 13.7. The molecular formula is C21H21N3O2. The first-order chi connectivity index (χ1) is 12.5. The SMILES string of the molecule is Cc1ccc(-n2nc3c(c2OC(=O)N(C)C)-c2ccccc2CC3)cc1. The van der Waals surface area contributed by atoms with Crippen LogP contribution in [0.15, 0.2) is 48.5 Å². The number of aromatic nitrogens is 2. The minimum Gasteiger partial charge on any atom is -0.390 e. The third kappa shape index (κ3) is 2.75. The van der Waals surface area contributed by atoms with Crippen LogP contribution in [-0.2, 0) is 12.8 Å². The number of carbonyl (C=O) groups excluding carboxylic acids is 1. The van der Waals surface area contributed by atoms with E-state index in [1.54, 1.807) is 18.8 Å². The summed E-state index contributed by atoms with van der Waals surface area (Å²) in [5, 5.41) is 4.78. The van der Waals surface area contributed by atoms with Crippen molar-refractivity contribution in [2.75, 3.05) is 14.1 Å². The van der Waals surface area contributed by atoms with Crippen molar-refractivity contribution in [1.29, 1.82) is 0 Å². The lowest BCUT2D eigenvalue weighted by molar-refractivity contribution is 0.169. The van der Waals surface area contributed by atoms with E-state index < -0.39 is 6.09 Å². The number of carbonyl (C=O) groups is 1. The summed E-state index contributed by atoms with van der Waals surface area (Å²) in [6, 6.07) is 16.3. The van der Waals surface area contributed by atoms with E-state index in [9.17, 15) is 4.79 Å². The normalized spacial score (nSPS) is 12.3. The molecule has 1 heterocycles. The van der Waals surface area contributed by atoms with Crippen molar-refractivity contribution in [1.82, 2.24) is 14.7 Å². The first-order valence-electron chi connectivity index (χ1n) is 8.71. The van der Waals surface area contributed by atoms with Gasteiger partial charge in [0.2, 0.25) is 5.88 Å². The molecule has 0 N–H and O–H groups in total. The standard InChI is InChI=1S/C21H21N3O2/c1-14-8-11-16(12-9-14)24-20(26-21(25)23(2)3)19-17-7-5-4-6-15(17)10-13-18(19)22-24/h4-9,11-12H,10,13H2,1-3H3. The summed E-state index contributed by atoms with van der Waals surface area (Å²) in [6.45, 7) is 2.04. The third-order valence-corrected chi connectivity index (χ3v) is 4.66. The quantitative estimate of drug-likeness (QED) is 0.704. The maximum Gasteiger partial charge on any atom is 0.416 e. The number of benzene rings is 2. The van der Waals surface area contributed by atoms with Gasteiger partial charge in [0.15, 0.2) is 0 Å². The Morgan fingerprint density at radius 2 is 1.81 bits per heavy atom. The second kappa shape index (κ2) is 6.33. The Morgan fingerprint density at radius 3 is 2.54 bits per heavy atom. The Balaban J connectivity index is 1.92. The first kappa shape index (κ1) is 16.4. The van der Waals surface area contributed by atoms with E-state index >= 15 is 0 Å². The number of nitrogens with zero attached hydrogens (tertiary/aromatic N) is 3. The molecule has 3 aromatic rings. The fourth-order valence-corrected chi connectivity index (χ4v) is 3.26. The van der Waals surface area contributed by atoms with E-state index in [1.807, 2.05) is 43.3 Å². The van der Waals surface area contributed by atoms with Crippen LogP contribution in [0.25, 0.3) is 16.8 Å². The Kier molecular flexibility index (Phi) is 3.99. The first-order valence-corrected chi connectivity index (χ1v) is 8.71. The van der Waals surface area contributed by atoms with Crippen LogP contribution in [0.1, 0.15) is 16.8 Å². The molecule has 4 rings (SSSR count). The van der Waals surface area contributed by atoms with Crippen molar-refractivity contribution in [2.24, 2.45) is 0 Å². The molecule has 0 radical (unpaired) electrons. The molecule has 1 aromatic heterocycles. The third-order valence-electron chi connectivity index (χ3n) is 4.66. The van der Waals surface area contributed by atoms with Crippen LogP contribution in [0.3, 0.4) is 0 Å². The number of aryl methyl sites for hydroxylation is 3. The van der Waals surface area contributed by atoms with E-state index in [1.165, 1.54) is 16.0 Å². The maximum absolute atomic E-state index is 12.3. The van der Waals surface area contributed by atoms with Crippen molar-refractivity contribution < 1.29 is 9.53 Å². The largest absolute Gasteiger partial charge is 0.416 e. The van der Waals surface area contributed by atoms with E-state index in [4.69, 9.17) is 9.84 Å². The highest BCUT2D eigenvalue weighted by Gasteiger charge is 2.28. The zero-order valence-corrected chi connectivity index (χ0v) is 15.2. The number of hydrogen-bond acceptors (Lipinski definition) is 3. The highest BCUT2D eigenvalue weighted by molar-refractivity contribution is 5.80. The second-order valence-electron chi connectivity index (χ2n) is 6.79. The summed E-state index contributed by atoms with van der Waals surface area (Å²) in [6.07, 6.45) is 1.36. The number of fused-ring (bicyclic) bond motifs is 3. The van der Waals surface area contributed by atoms with Crippen LogP contribution in [0.5, 0.6) is 5.88 Å². The average molecular weight is 347 g/mol. The molecule has 0 fully saturated rings. The topological polar surface area (TPSA) is 47.4 Å². The van der Waals surface area contributed by atoms with Crippen molar-refractivity contribution >= 4 is 6.09 Å². The van der Waals surface area contributed by atoms with Gasteiger partial charge in [0, 0.05) is 14.1 Å². The highest BCUT2D eigenvalue weighted by atomic mass is 16.6. The minimum atomic E-state index is -0.413. The molecule has 1 amide bonds. The monoisotopic (exact) mass is 347 g/mol. The molecule has 26 heavy (non-hydrogen) atoms. The predicted molar refractivity (Wildman–Crippen MR) is 101 cm³/mol. The van der Waals surface area contributed by atoms with Gasteiger partial charge < -0.3 is 9.64 Å². The molecule has 5 nitrogen and oxygen atoms in total. The number of hydrogen-bond donors (Lipinski definition) is 0. The lowest BCUT2D eigenvalue weighted by atomic mass is 9.90. The zero-order valence-electron chi connectivity index (χ0n) is 15.2. The molecule has 0 unspecified atom stereocenters. The molecule has 132 valence electrons. The fourth-order valence-electron chi connectivity index (χ4n) is 3.26. The maximum atomic E-state index is 12.3. The van der Waals surface area contributed by atoms with Gasteiger partial charge in [0.05, 0.1) is 16.9 Å². The summed E-state index contributed by atoms with van der Waals surface area (Å²) >= 11 is 0. The molecular weight excluding hydrogens is 326 g/mol. The highest BCUT2D eigenvalue weighted by Crippen LogP contribution is 2.41. The van der Waals surface area contributed by atoms with Gasteiger partial charge in [-0.05, 0) is 43.0 Å². The molecule has 0 saturated carbocycles. The molecule has 0 atom stereocenters. The van der Waals surface area contributed by atoms with Crippen LogP contribution >= 0.6 is 0 Å². The van der Waals surface area contributed by atoms with Gasteiger partial charge in [-0.1, -0.05) is 42.0 Å². The van der Waals surface area contributed by atoms with Crippen LogP contribution in [0.4, 0.5) is 4.79 Å².